The van der Waals surface area contributed by atoms with Gasteiger partial charge < -0.3 is 10.6 Å². The van der Waals surface area contributed by atoms with Crippen molar-refractivity contribution < 1.29 is 0 Å². The van der Waals surface area contributed by atoms with Crippen molar-refractivity contribution in [2.75, 3.05) is 24.2 Å². The van der Waals surface area contributed by atoms with Gasteiger partial charge in [0.05, 0.1) is 6.20 Å². The Kier molecular flexibility index (Phi) is 2.28. The van der Waals surface area contributed by atoms with Crippen LogP contribution in [0.25, 0.3) is 11.1 Å². The maximum atomic E-state index is 5.85. The number of hydrogen-bond acceptors (Lipinski definition) is 3. The molecule has 88 valence electrons. The minimum atomic E-state index is 0.628. The molecule has 0 atom stereocenters. The molecule has 4 nitrogen and oxygen atoms in total. The van der Waals surface area contributed by atoms with Gasteiger partial charge in [0, 0.05) is 24.8 Å². The molecular weight excluding hydrogens is 212 g/mol. The molecule has 2 heterocycles. The van der Waals surface area contributed by atoms with Crippen LogP contribution in [0, 0.1) is 0 Å². The molecule has 17 heavy (non-hydrogen) atoms. The Balaban J connectivity index is 2.09. The molecule has 0 saturated carbocycles. The predicted octanol–water partition coefficient (Wildman–Crippen LogP) is 2.04. The number of anilines is 2. The van der Waals surface area contributed by atoms with E-state index in [4.69, 9.17) is 5.73 Å². The SMILES string of the molecule is CN1CCCc2ccc(-c3cn[nH]c3N)cc21. The van der Waals surface area contributed by atoms with Crippen molar-refractivity contribution in [3.63, 3.8) is 0 Å². The molecule has 4 heteroatoms. The molecule has 0 radical (unpaired) electrons. The number of fused-ring (bicyclic) bond motifs is 1. The van der Waals surface area contributed by atoms with Crippen molar-refractivity contribution in [1.29, 1.82) is 0 Å². The lowest BCUT2D eigenvalue weighted by Gasteiger charge is -2.27. The summed E-state index contributed by atoms with van der Waals surface area (Å²) in [5.41, 5.74) is 10.7. The molecule has 0 saturated heterocycles. The maximum absolute atomic E-state index is 5.85. The van der Waals surface area contributed by atoms with E-state index in [1.54, 1.807) is 6.20 Å². The average molecular weight is 228 g/mol. The summed E-state index contributed by atoms with van der Waals surface area (Å²) in [6.45, 7) is 1.12. The molecule has 0 fully saturated rings. The number of hydrogen-bond donors (Lipinski definition) is 2. The quantitative estimate of drug-likeness (QED) is 0.785. The van der Waals surface area contributed by atoms with Crippen LogP contribution in [0.15, 0.2) is 24.4 Å². The van der Waals surface area contributed by atoms with Gasteiger partial charge in [0.2, 0.25) is 0 Å². The first kappa shape index (κ1) is 10.2. The van der Waals surface area contributed by atoms with Gasteiger partial charge in [-0.25, -0.2) is 0 Å². The minimum Gasteiger partial charge on any atom is -0.384 e. The molecular formula is C13H16N4. The van der Waals surface area contributed by atoms with Crippen molar-refractivity contribution in [1.82, 2.24) is 10.2 Å². The third kappa shape index (κ3) is 1.65. The Morgan fingerprint density at radius 2 is 2.29 bits per heavy atom. The Labute approximate surface area is 100 Å². The fourth-order valence-corrected chi connectivity index (χ4v) is 2.45. The van der Waals surface area contributed by atoms with E-state index in [0.717, 1.165) is 17.7 Å². The van der Waals surface area contributed by atoms with Gasteiger partial charge >= 0.3 is 0 Å². The fourth-order valence-electron chi connectivity index (χ4n) is 2.45. The second-order valence-corrected chi connectivity index (χ2v) is 4.57. The summed E-state index contributed by atoms with van der Waals surface area (Å²) in [7, 11) is 2.14. The predicted molar refractivity (Wildman–Crippen MR) is 70.0 cm³/mol. The highest BCUT2D eigenvalue weighted by atomic mass is 15.1. The van der Waals surface area contributed by atoms with Crippen LogP contribution < -0.4 is 10.6 Å². The van der Waals surface area contributed by atoms with Gasteiger partial charge in [-0.1, -0.05) is 12.1 Å². The first-order valence-electron chi connectivity index (χ1n) is 5.89. The number of nitrogens with one attached hydrogen (secondary N) is 1. The first-order chi connectivity index (χ1) is 8.25. The molecule has 0 bridgehead atoms. The van der Waals surface area contributed by atoms with E-state index in [-0.39, 0.29) is 0 Å². The highest BCUT2D eigenvalue weighted by Gasteiger charge is 2.15. The normalized spacial score (nSPS) is 14.8. The Morgan fingerprint density at radius 3 is 3.06 bits per heavy atom. The van der Waals surface area contributed by atoms with Crippen LogP contribution in [0.3, 0.4) is 0 Å². The van der Waals surface area contributed by atoms with Gasteiger partial charge in [-0.15, -0.1) is 0 Å². The Morgan fingerprint density at radius 1 is 1.41 bits per heavy atom. The number of rotatable bonds is 1. The van der Waals surface area contributed by atoms with Crippen LogP contribution in [-0.2, 0) is 6.42 Å². The van der Waals surface area contributed by atoms with Crippen molar-refractivity contribution in [3.05, 3.63) is 30.0 Å². The Bertz CT molecular complexity index is 544. The average Bonchev–Trinajstić information content (AvgIpc) is 2.76. The van der Waals surface area contributed by atoms with Gasteiger partial charge in [-0.05, 0) is 30.0 Å². The fraction of sp³-hybridized carbons (Fsp3) is 0.308. The van der Waals surface area contributed by atoms with Gasteiger partial charge in [0.25, 0.3) is 0 Å². The molecule has 0 amide bonds. The molecule has 0 aliphatic carbocycles. The maximum Gasteiger partial charge on any atom is 0.126 e. The van der Waals surface area contributed by atoms with E-state index in [1.807, 2.05) is 0 Å². The number of aryl methyl sites for hydroxylation is 1. The minimum absolute atomic E-state index is 0.628. The molecule has 0 spiro atoms. The van der Waals surface area contributed by atoms with E-state index >= 15 is 0 Å². The molecule has 1 aromatic heterocycles. The number of nitrogens with zero attached hydrogens (tertiary/aromatic N) is 2. The van der Waals surface area contributed by atoms with E-state index < -0.39 is 0 Å². The topological polar surface area (TPSA) is 57.9 Å². The molecule has 2 aromatic rings. The van der Waals surface area contributed by atoms with Crippen LogP contribution >= 0.6 is 0 Å². The standard InChI is InChI=1S/C13H16N4/c1-17-6-2-3-9-4-5-10(7-12(9)17)11-8-15-16-13(11)14/h4-5,7-8H,2-3,6H2,1H3,(H3,14,15,16). The van der Waals surface area contributed by atoms with Gasteiger partial charge in [-0.2, -0.15) is 5.10 Å². The highest BCUT2D eigenvalue weighted by Crippen LogP contribution is 2.32. The summed E-state index contributed by atoms with van der Waals surface area (Å²) in [5, 5.41) is 6.74. The zero-order chi connectivity index (χ0) is 11.8. The number of H-pyrrole nitrogens is 1. The van der Waals surface area contributed by atoms with Crippen LogP contribution in [-0.4, -0.2) is 23.8 Å². The van der Waals surface area contributed by atoms with E-state index in [9.17, 15) is 0 Å². The van der Waals surface area contributed by atoms with Gasteiger partial charge in [0.1, 0.15) is 5.82 Å². The number of aromatic nitrogens is 2. The summed E-state index contributed by atoms with van der Waals surface area (Å²) in [5.74, 6) is 0.628. The van der Waals surface area contributed by atoms with Crippen LogP contribution in [0.1, 0.15) is 12.0 Å². The first-order valence-corrected chi connectivity index (χ1v) is 5.89. The number of nitrogens with two attached hydrogens (primary N) is 1. The van der Waals surface area contributed by atoms with Crippen molar-refractivity contribution >= 4 is 11.5 Å². The zero-order valence-electron chi connectivity index (χ0n) is 9.90. The van der Waals surface area contributed by atoms with E-state index in [0.29, 0.717) is 5.82 Å². The lowest BCUT2D eigenvalue weighted by atomic mass is 9.98. The molecule has 3 N–H and O–H groups in total. The summed E-state index contributed by atoms with van der Waals surface area (Å²) < 4.78 is 0. The second-order valence-electron chi connectivity index (χ2n) is 4.57. The van der Waals surface area contributed by atoms with Crippen molar-refractivity contribution in [2.24, 2.45) is 0 Å². The van der Waals surface area contributed by atoms with Gasteiger partial charge in [-0.3, -0.25) is 5.10 Å². The van der Waals surface area contributed by atoms with E-state index in [2.05, 4.69) is 40.3 Å². The van der Waals surface area contributed by atoms with Crippen LogP contribution in [0.2, 0.25) is 0 Å². The molecule has 1 aliphatic heterocycles. The van der Waals surface area contributed by atoms with E-state index in [1.165, 1.54) is 24.1 Å². The summed E-state index contributed by atoms with van der Waals surface area (Å²) in [4.78, 5) is 2.30. The Hall–Kier alpha value is -1.97. The van der Waals surface area contributed by atoms with Gasteiger partial charge in [0.15, 0.2) is 0 Å². The molecule has 1 aliphatic rings. The molecule has 3 rings (SSSR count). The summed E-state index contributed by atoms with van der Waals surface area (Å²) in [6, 6.07) is 6.53. The summed E-state index contributed by atoms with van der Waals surface area (Å²) >= 11 is 0. The second kappa shape index (κ2) is 3.80. The molecule has 1 aromatic carbocycles. The smallest absolute Gasteiger partial charge is 0.126 e. The van der Waals surface area contributed by atoms with Crippen molar-refractivity contribution in [2.45, 2.75) is 12.8 Å². The third-order valence-electron chi connectivity index (χ3n) is 3.42. The number of aromatic amines is 1. The van der Waals surface area contributed by atoms with Crippen LogP contribution in [0.4, 0.5) is 11.5 Å². The monoisotopic (exact) mass is 228 g/mol. The zero-order valence-corrected chi connectivity index (χ0v) is 9.90. The number of nitrogen functional groups attached to an aromatic ring is 1. The largest absolute Gasteiger partial charge is 0.384 e. The van der Waals surface area contributed by atoms with Crippen molar-refractivity contribution in [3.8, 4) is 11.1 Å². The summed E-state index contributed by atoms with van der Waals surface area (Å²) in [6.07, 6.45) is 4.18. The number of benzene rings is 1. The lowest BCUT2D eigenvalue weighted by molar-refractivity contribution is 0.745. The van der Waals surface area contributed by atoms with Crippen LogP contribution in [0.5, 0.6) is 0 Å². The lowest BCUT2D eigenvalue weighted by Crippen LogP contribution is -2.24. The highest BCUT2D eigenvalue weighted by molar-refractivity contribution is 5.77. The third-order valence-corrected chi connectivity index (χ3v) is 3.42. The molecule has 0 unspecified atom stereocenters.